The van der Waals surface area contributed by atoms with Gasteiger partial charge >= 0.3 is 0 Å². The summed E-state index contributed by atoms with van der Waals surface area (Å²) in [5.74, 6) is 1.72. The minimum atomic E-state index is 0.0724. The molecule has 1 unspecified atom stereocenters. The molecule has 1 heteroatoms. The first kappa shape index (κ1) is 25.6. The van der Waals surface area contributed by atoms with E-state index >= 15 is 0 Å². The average Bonchev–Trinajstić information content (AvgIpc) is 2.81. The molecule has 0 fully saturated rings. The molecule has 0 aromatic heterocycles. The molecule has 37 heavy (non-hydrogen) atoms. The second-order valence-electron chi connectivity index (χ2n) is 13.1. The molecule has 5 rings (SSSR count). The van der Waals surface area contributed by atoms with Gasteiger partial charge < -0.3 is 4.90 Å². The van der Waals surface area contributed by atoms with Crippen molar-refractivity contribution in [3.05, 3.63) is 124 Å². The number of aryl methyl sites for hydroxylation is 3. The molecule has 1 radical (unpaired) electrons. The van der Waals surface area contributed by atoms with Crippen molar-refractivity contribution in [2.75, 3.05) is 4.90 Å². The van der Waals surface area contributed by atoms with E-state index in [1.54, 1.807) is 0 Å². The van der Waals surface area contributed by atoms with Gasteiger partial charge in [0.25, 0.3) is 0 Å². The molecule has 1 heterocycles. The van der Waals surface area contributed by atoms with Crippen molar-refractivity contribution in [3.8, 4) is 0 Å². The summed E-state index contributed by atoms with van der Waals surface area (Å²) < 4.78 is 0. The van der Waals surface area contributed by atoms with Crippen LogP contribution in [0.15, 0.2) is 84.5 Å². The fraction of sp³-hybridized carbons (Fsp3) is 0.361. The minimum absolute atomic E-state index is 0.0724. The molecular weight excluding hydrogens is 446 g/mol. The van der Waals surface area contributed by atoms with Gasteiger partial charge in [0, 0.05) is 23.2 Å². The predicted octanol–water partition coefficient (Wildman–Crippen LogP) is 9.56. The van der Waals surface area contributed by atoms with E-state index in [0.29, 0.717) is 0 Å². The molecule has 0 N–H and O–H groups in total. The second-order valence-corrected chi connectivity index (χ2v) is 13.1. The van der Waals surface area contributed by atoms with Crippen molar-refractivity contribution in [2.24, 2.45) is 11.3 Å². The quantitative estimate of drug-likeness (QED) is 0.347. The summed E-state index contributed by atoms with van der Waals surface area (Å²) in [6, 6.07) is 23.1. The number of anilines is 2. The van der Waals surface area contributed by atoms with E-state index in [-0.39, 0.29) is 22.8 Å². The summed E-state index contributed by atoms with van der Waals surface area (Å²) >= 11 is 0. The molecule has 0 saturated heterocycles. The third-order valence-corrected chi connectivity index (χ3v) is 8.09. The minimum Gasteiger partial charge on any atom is -0.334 e. The molecule has 2 atom stereocenters. The standard InChI is InChI=1S/C36H42N/c1-23-19-24(2)33(25(3)20-23)34-29-17-15-26(35(4,5)6)21-31(29)37(28-13-11-10-12-14-28)32-22-27(36(7,8)9)16-18-30(32)34/h10-22,29,31H,1-9H3/t29?,31-/m1/s1. The number of hydrogen-bond donors (Lipinski definition) is 0. The normalized spacial score (nSPS) is 19.9. The van der Waals surface area contributed by atoms with E-state index in [1.807, 2.05) is 0 Å². The van der Waals surface area contributed by atoms with E-state index in [0.717, 1.165) is 0 Å². The Morgan fingerprint density at radius 2 is 1.38 bits per heavy atom. The molecule has 3 aromatic rings. The Morgan fingerprint density at radius 3 is 1.97 bits per heavy atom. The van der Waals surface area contributed by atoms with E-state index < -0.39 is 0 Å². The molecule has 191 valence electrons. The van der Waals surface area contributed by atoms with E-state index in [4.69, 9.17) is 0 Å². The topological polar surface area (TPSA) is 3.24 Å². The molecule has 2 aliphatic rings. The molecule has 1 nitrogen and oxygen atoms in total. The zero-order chi connectivity index (χ0) is 26.7. The maximum atomic E-state index is 2.60. The maximum absolute atomic E-state index is 2.60. The molecule has 0 bridgehead atoms. The third-order valence-electron chi connectivity index (χ3n) is 8.09. The van der Waals surface area contributed by atoms with Gasteiger partial charge in [0.1, 0.15) is 0 Å². The lowest BCUT2D eigenvalue weighted by Crippen LogP contribution is -2.45. The lowest BCUT2D eigenvalue weighted by molar-refractivity contribution is 0.491. The zero-order valence-corrected chi connectivity index (χ0v) is 24.1. The molecule has 0 amide bonds. The predicted molar refractivity (Wildman–Crippen MR) is 160 cm³/mol. The van der Waals surface area contributed by atoms with Gasteiger partial charge in [-0.3, -0.25) is 0 Å². The van der Waals surface area contributed by atoms with Crippen LogP contribution in [0.25, 0.3) is 0 Å². The van der Waals surface area contributed by atoms with Crippen molar-refractivity contribution < 1.29 is 0 Å². The molecule has 3 aromatic carbocycles. The van der Waals surface area contributed by atoms with Crippen LogP contribution in [-0.4, -0.2) is 6.04 Å². The lowest BCUT2D eigenvalue weighted by atomic mass is 9.66. The van der Waals surface area contributed by atoms with Gasteiger partial charge in [-0.1, -0.05) is 108 Å². The summed E-state index contributed by atoms with van der Waals surface area (Å²) in [6.07, 6.45) is 7.41. The Kier molecular flexibility index (Phi) is 6.26. The van der Waals surface area contributed by atoms with Crippen LogP contribution >= 0.6 is 0 Å². The first-order valence-electron chi connectivity index (χ1n) is 13.7. The Morgan fingerprint density at radius 1 is 0.730 bits per heavy atom. The largest absolute Gasteiger partial charge is 0.334 e. The van der Waals surface area contributed by atoms with Crippen LogP contribution in [0, 0.1) is 38.0 Å². The molecule has 1 aliphatic heterocycles. The van der Waals surface area contributed by atoms with Crippen molar-refractivity contribution >= 4 is 11.4 Å². The van der Waals surface area contributed by atoms with Gasteiger partial charge in [0.2, 0.25) is 0 Å². The Hall–Kier alpha value is -3.06. The molecular formula is C36H42N. The van der Waals surface area contributed by atoms with Crippen LogP contribution in [0.4, 0.5) is 11.4 Å². The number of nitrogens with zero attached hydrogens (tertiary/aromatic N) is 1. The summed E-state index contributed by atoms with van der Waals surface area (Å²) in [6.45, 7) is 20.7. The fourth-order valence-electron chi connectivity index (χ4n) is 6.24. The van der Waals surface area contributed by atoms with Crippen molar-refractivity contribution in [1.29, 1.82) is 0 Å². The monoisotopic (exact) mass is 488 g/mol. The highest BCUT2D eigenvalue weighted by Gasteiger charge is 2.44. The van der Waals surface area contributed by atoms with E-state index in [2.05, 4.69) is 146 Å². The summed E-state index contributed by atoms with van der Waals surface area (Å²) in [5, 5.41) is 0. The van der Waals surface area contributed by atoms with Gasteiger partial charge in [0.15, 0.2) is 0 Å². The number of para-hydroxylation sites is 1. The van der Waals surface area contributed by atoms with Crippen LogP contribution < -0.4 is 4.90 Å². The first-order chi connectivity index (χ1) is 17.4. The van der Waals surface area contributed by atoms with E-state index in [9.17, 15) is 0 Å². The van der Waals surface area contributed by atoms with Crippen LogP contribution in [0.5, 0.6) is 0 Å². The van der Waals surface area contributed by atoms with Gasteiger partial charge in [-0.05, 0) is 83.2 Å². The highest BCUT2D eigenvalue weighted by atomic mass is 15.2. The second kappa shape index (κ2) is 9.05. The maximum Gasteiger partial charge on any atom is 0.0603 e. The summed E-state index contributed by atoms with van der Waals surface area (Å²) in [5.41, 5.74) is 12.3. The first-order valence-corrected chi connectivity index (χ1v) is 13.7. The molecule has 1 aliphatic carbocycles. The Balaban J connectivity index is 1.84. The van der Waals surface area contributed by atoms with Gasteiger partial charge in [-0.25, -0.2) is 0 Å². The average molecular weight is 489 g/mol. The highest BCUT2D eigenvalue weighted by Crippen LogP contribution is 2.52. The van der Waals surface area contributed by atoms with Gasteiger partial charge in [-0.15, -0.1) is 0 Å². The zero-order valence-electron chi connectivity index (χ0n) is 24.1. The Labute approximate surface area is 224 Å². The van der Waals surface area contributed by atoms with Gasteiger partial charge in [-0.2, -0.15) is 0 Å². The highest BCUT2D eigenvalue weighted by molar-refractivity contribution is 5.78. The van der Waals surface area contributed by atoms with E-state index in [1.165, 1.54) is 56.2 Å². The number of rotatable bonds is 2. The van der Waals surface area contributed by atoms with Crippen molar-refractivity contribution in [2.45, 2.75) is 73.8 Å². The SMILES string of the molecule is Cc1cc(C)c([C]2c3ccc(C(C)(C)C)cc3N(c3ccccc3)[C@@H]3C=C(C(C)(C)C)C=CC23)c(C)c1. The number of allylic oxidation sites excluding steroid dienone is 2. The van der Waals surface area contributed by atoms with Crippen LogP contribution in [0.2, 0.25) is 0 Å². The fourth-order valence-corrected chi connectivity index (χ4v) is 6.24. The number of benzene rings is 3. The van der Waals surface area contributed by atoms with Crippen molar-refractivity contribution in [3.63, 3.8) is 0 Å². The smallest absolute Gasteiger partial charge is 0.0603 e. The summed E-state index contributed by atoms with van der Waals surface area (Å²) in [7, 11) is 0. The van der Waals surface area contributed by atoms with Gasteiger partial charge in [0.05, 0.1) is 6.04 Å². The van der Waals surface area contributed by atoms with Crippen molar-refractivity contribution in [1.82, 2.24) is 0 Å². The van der Waals surface area contributed by atoms with Crippen LogP contribution in [0.1, 0.15) is 74.9 Å². The number of hydrogen-bond acceptors (Lipinski definition) is 1. The lowest BCUT2D eigenvalue weighted by Gasteiger charge is -2.48. The van der Waals surface area contributed by atoms with Crippen LogP contribution in [-0.2, 0) is 5.41 Å². The molecule has 0 spiro atoms. The Bertz CT molecular complexity index is 1350. The number of fused-ring (bicyclic) bond motifs is 2. The summed E-state index contributed by atoms with van der Waals surface area (Å²) in [4.78, 5) is 2.60. The van der Waals surface area contributed by atoms with Crippen LogP contribution in [0.3, 0.4) is 0 Å². The molecule has 0 saturated carbocycles. The third kappa shape index (κ3) is 4.58.